The number of halogens is 4. The van der Waals surface area contributed by atoms with Gasteiger partial charge >= 0.3 is 0 Å². The second kappa shape index (κ2) is 5.53. The zero-order chi connectivity index (χ0) is 11.7. The summed E-state index contributed by atoms with van der Waals surface area (Å²) in [5.74, 6) is 0. The van der Waals surface area contributed by atoms with Crippen molar-refractivity contribution in [3.63, 3.8) is 0 Å². The maximum absolute atomic E-state index is 5.98. The Hall–Kier alpha value is 0.650. The molecule has 1 aromatic heterocycles. The lowest BCUT2D eigenvalue weighted by Gasteiger charge is -2.07. The van der Waals surface area contributed by atoms with E-state index in [1.54, 1.807) is 11.3 Å². The maximum atomic E-state index is 5.98. The topological polar surface area (TPSA) is 0 Å². The van der Waals surface area contributed by atoms with Crippen LogP contribution >= 0.6 is 70.7 Å². The third-order valence-corrected chi connectivity index (χ3v) is 6.94. The van der Waals surface area contributed by atoms with Crippen LogP contribution in [0.1, 0.15) is 15.3 Å². The summed E-state index contributed by atoms with van der Waals surface area (Å²) >= 11 is 18.3. The number of benzene rings is 1. The van der Waals surface area contributed by atoms with E-state index in [0.29, 0.717) is 0 Å². The Labute approximate surface area is 128 Å². The van der Waals surface area contributed by atoms with Gasteiger partial charge in [0.05, 0.1) is 8.61 Å². The van der Waals surface area contributed by atoms with Gasteiger partial charge in [0.2, 0.25) is 0 Å². The van der Waals surface area contributed by atoms with E-state index in [2.05, 4.69) is 59.9 Å². The van der Waals surface area contributed by atoms with Gasteiger partial charge in [0.15, 0.2) is 0 Å². The van der Waals surface area contributed by atoms with Gasteiger partial charge in [-0.2, -0.15) is 0 Å². The summed E-state index contributed by atoms with van der Waals surface area (Å²) in [6.07, 6.45) is 0. The molecule has 0 N–H and O–H groups in total. The van der Waals surface area contributed by atoms with Crippen LogP contribution in [-0.4, -0.2) is 0 Å². The number of alkyl halides is 1. The first-order valence-electron chi connectivity index (χ1n) is 4.42. The number of thiophene rings is 1. The summed E-state index contributed by atoms with van der Waals surface area (Å²) in [6, 6.07) is 9.99. The van der Waals surface area contributed by atoms with Crippen molar-refractivity contribution in [1.29, 1.82) is 0 Å². The van der Waals surface area contributed by atoms with Crippen molar-refractivity contribution in [3.8, 4) is 0 Å². The second-order valence-electron chi connectivity index (χ2n) is 3.19. The predicted molar refractivity (Wildman–Crippen MR) is 81.9 cm³/mol. The SMILES string of the molecule is Clc1cccc(C(Br)c2cc(Br)c(Br)s2)c1. The minimum Gasteiger partial charge on any atom is -0.131 e. The molecule has 2 rings (SSSR count). The van der Waals surface area contributed by atoms with Crippen molar-refractivity contribution in [3.05, 3.63) is 54.1 Å². The van der Waals surface area contributed by atoms with Crippen LogP contribution in [0.2, 0.25) is 5.02 Å². The summed E-state index contributed by atoms with van der Waals surface area (Å²) < 4.78 is 2.19. The van der Waals surface area contributed by atoms with Crippen molar-refractivity contribution >= 4 is 70.7 Å². The van der Waals surface area contributed by atoms with Crippen molar-refractivity contribution in [1.82, 2.24) is 0 Å². The molecule has 1 heterocycles. The molecule has 0 aliphatic carbocycles. The van der Waals surface area contributed by atoms with Crippen LogP contribution < -0.4 is 0 Å². The summed E-state index contributed by atoms with van der Waals surface area (Å²) in [7, 11) is 0. The van der Waals surface area contributed by atoms with E-state index in [9.17, 15) is 0 Å². The molecule has 0 saturated carbocycles. The van der Waals surface area contributed by atoms with Gasteiger partial charge in [-0.05, 0) is 55.6 Å². The molecule has 0 spiro atoms. The molecule has 0 nitrogen and oxygen atoms in total. The van der Waals surface area contributed by atoms with Gasteiger partial charge < -0.3 is 0 Å². The molecule has 0 radical (unpaired) electrons. The highest BCUT2D eigenvalue weighted by Gasteiger charge is 2.14. The molecular weight excluding hydrogens is 439 g/mol. The molecule has 16 heavy (non-hydrogen) atoms. The van der Waals surface area contributed by atoms with Crippen LogP contribution in [0.3, 0.4) is 0 Å². The molecule has 0 saturated heterocycles. The van der Waals surface area contributed by atoms with E-state index in [1.807, 2.05) is 18.2 Å². The third kappa shape index (κ3) is 2.91. The van der Waals surface area contributed by atoms with Crippen LogP contribution in [0.4, 0.5) is 0 Å². The standard InChI is InChI=1S/C11H6Br3ClS/c12-8-5-9(16-11(8)14)10(13)6-2-1-3-7(15)4-6/h1-5,10H. The molecule has 1 aromatic carbocycles. The zero-order valence-corrected chi connectivity index (χ0v) is 14.2. The molecule has 2 aromatic rings. The Morgan fingerprint density at radius 3 is 2.50 bits per heavy atom. The second-order valence-corrected chi connectivity index (χ2v) is 7.80. The molecule has 84 valence electrons. The Bertz CT molecular complexity index is 490. The van der Waals surface area contributed by atoms with E-state index < -0.39 is 0 Å². The fourth-order valence-corrected chi connectivity index (χ4v) is 4.31. The Morgan fingerprint density at radius 2 is 1.94 bits per heavy atom. The smallest absolute Gasteiger partial charge is 0.0843 e. The van der Waals surface area contributed by atoms with Gasteiger partial charge in [-0.15, -0.1) is 11.3 Å². The fourth-order valence-electron chi connectivity index (χ4n) is 1.32. The monoisotopic (exact) mass is 442 g/mol. The van der Waals surface area contributed by atoms with E-state index in [4.69, 9.17) is 11.6 Å². The van der Waals surface area contributed by atoms with E-state index >= 15 is 0 Å². The highest BCUT2D eigenvalue weighted by molar-refractivity contribution is 9.13. The van der Waals surface area contributed by atoms with Crippen molar-refractivity contribution in [2.75, 3.05) is 0 Å². The van der Waals surface area contributed by atoms with Gasteiger partial charge in [0, 0.05) is 14.4 Å². The lowest BCUT2D eigenvalue weighted by Crippen LogP contribution is -1.88. The molecule has 0 aliphatic heterocycles. The summed E-state index contributed by atoms with van der Waals surface area (Å²) in [4.78, 5) is 1.42. The first-order valence-corrected chi connectivity index (χ1v) is 8.12. The van der Waals surface area contributed by atoms with Gasteiger partial charge in [-0.1, -0.05) is 39.7 Å². The largest absolute Gasteiger partial charge is 0.131 e. The van der Waals surface area contributed by atoms with Gasteiger partial charge in [-0.25, -0.2) is 0 Å². The summed E-state index contributed by atoms with van der Waals surface area (Å²) in [6.45, 7) is 0. The average molecular weight is 445 g/mol. The highest BCUT2D eigenvalue weighted by atomic mass is 79.9. The maximum Gasteiger partial charge on any atom is 0.0843 e. The van der Waals surface area contributed by atoms with Crippen LogP contribution in [0.5, 0.6) is 0 Å². The van der Waals surface area contributed by atoms with Crippen LogP contribution in [0.15, 0.2) is 38.6 Å². The van der Waals surface area contributed by atoms with Crippen molar-refractivity contribution < 1.29 is 0 Å². The van der Waals surface area contributed by atoms with E-state index in [1.165, 1.54) is 4.88 Å². The van der Waals surface area contributed by atoms with Crippen molar-refractivity contribution in [2.24, 2.45) is 0 Å². The molecule has 1 atom stereocenters. The summed E-state index contributed by atoms with van der Waals surface area (Å²) in [5.41, 5.74) is 1.16. The average Bonchev–Trinajstić information content (AvgIpc) is 2.58. The first kappa shape index (κ1) is 13.1. The molecule has 0 aliphatic rings. The van der Waals surface area contributed by atoms with Crippen LogP contribution in [-0.2, 0) is 0 Å². The number of hydrogen-bond acceptors (Lipinski definition) is 1. The third-order valence-electron chi connectivity index (χ3n) is 2.06. The Morgan fingerprint density at radius 1 is 1.19 bits per heavy atom. The lowest BCUT2D eigenvalue weighted by molar-refractivity contribution is 1.22. The molecule has 1 unspecified atom stereocenters. The number of hydrogen-bond donors (Lipinski definition) is 0. The quantitative estimate of drug-likeness (QED) is 0.469. The van der Waals surface area contributed by atoms with Gasteiger partial charge in [0.25, 0.3) is 0 Å². The molecular formula is C11H6Br3ClS. The molecule has 5 heteroatoms. The lowest BCUT2D eigenvalue weighted by atomic mass is 10.1. The van der Waals surface area contributed by atoms with E-state index in [0.717, 1.165) is 18.8 Å². The predicted octanol–water partition coefficient (Wildman–Crippen LogP) is 6.41. The number of rotatable bonds is 2. The normalized spacial score (nSPS) is 12.8. The minimum absolute atomic E-state index is 0.179. The molecule has 0 bridgehead atoms. The first-order chi connectivity index (χ1) is 7.58. The zero-order valence-electron chi connectivity index (χ0n) is 7.88. The molecule has 0 fully saturated rings. The minimum atomic E-state index is 0.179. The van der Waals surface area contributed by atoms with Gasteiger partial charge in [-0.3, -0.25) is 0 Å². The highest BCUT2D eigenvalue weighted by Crippen LogP contribution is 2.41. The van der Waals surface area contributed by atoms with Crippen molar-refractivity contribution in [2.45, 2.75) is 4.83 Å². The Balaban J connectivity index is 2.35. The van der Waals surface area contributed by atoms with Crippen LogP contribution in [0, 0.1) is 0 Å². The van der Waals surface area contributed by atoms with E-state index in [-0.39, 0.29) is 4.83 Å². The van der Waals surface area contributed by atoms with Crippen LogP contribution in [0.25, 0.3) is 0 Å². The van der Waals surface area contributed by atoms with Gasteiger partial charge in [0.1, 0.15) is 0 Å². The fraction of sp³-hybridized carbons (Fsp3) is 0.0909. The Kier molecular flexibility index (Phi) is 4.52. The molecule has 0 amide bonds. The summed E-state index contributed by atoms with van der Waals surface area (Å²) in [5, 5.41) is 0.761.